The quantitative estimate of drug-likeness (QED) is 0.419. The normalized spacial score (nSPS) is 24.3. The van der Waals surface area contributed by atoms with Crippen LogP contribution in [-0.4, -0.2) is 111 Å². The van der Waals surface area contributed by atoms with Crippen molar-refractivity contribution < 1.29 is 19.0 Å². The number of nitrogens with zero attached hydrogens (tertiary/aromatic N) is 5. The van der Waals surface area contributed by atoms with Crippen LogP contribution in [0.3, 0.4) is 0 Å². The molecule has 3 aliphatic heterocycles. The Bertz CT molecular complexity index is 1340. The standard InChI is InChI=1S/C30H39N7O4/c1-35-12-13-40-23(18-35)19-41-27-15-24-25(16-26(27)39-2)32-20-33-28(24)36-8-10-37(11-9-36)30-31-17-22(29(38)34-30)14-21-6-4-3-5-7-21/h3-7,15-16,20,22-23,30-31H,8-14,17-19H2,1-2H3,(H,34,38). The number of methoxy groups -OCH3 is 1. The second-order valence-electron chi connectivity index (χ2n) is 11.0. The smallest absolute Gasteiger partial charge is 0.226 e. The van der Waals surface area contributed by atoms with Gasteiger partial charge in [-0.3, -0.25) is 15.0 Å². The molecule has 1 aromatic heterocycles. The zero-order valence-corrected chi connectivity index (χ0v) is 23.8. The highest BCUT2D eigenvalue weighted by molar-refractivity contribution is 5.92. The van der Waals surface area contributed by atoms with E-state index in [1.807, 2.05) is 30.3 Å². The Labute approximate surface area is 240 Å². The van der Waals surface area contributed by atoms with E-state index >= 15 is 0 Å². The number of nitrogens with one attached hydrogen (secondary N) is 2. The van der Waals surface area contributed by atoms with Crippen molar-refractivity contribution in [2.24, 2.45) is 5.92 Å². The Balaban J connectivity index is 1.09. The lowest BCUT2D eigenvalue weighted by atomic mass is 9.97. The van der Waals surface area contributed by atoms with Gasteiger partial charge in [0.2, 0.25) is 5.91 Å². The van der Waals surface area contributed by atoms with E-state index in [2.05, 4.69) is 54.5 Å². The lowest BCUT2D eigenvalue weighted by Gasteiger charge is -2.42. The zero-order valence-electron chi connectivity index (χ0n) is 23.8. The Morgan fingerprint density at radius 3 is 2.63 bits per heavy atom. The average Bonchev–Trinajstić information content (AvgIpc) is 3.01. The van der Waals surface area contributed by atoms with Gasteiger partial charge in [0.1, 0.15) is 31.1 Å². The first kappa shape index (κ1) is 27.6. The zero-order chi connectivity index (χ0) is 28.2. The maximum absolute atomic E-state index is 12.9. The van der Waals surface area contributed by atoms with Crippen LogP contribution >= 0.6 is 0 Å². The van der Waals surface area contributed by atoms with E-state index in [0.29, 0.717) is 31.3 Å². The van der Waals surface area contributed by atoms with Crippen molar-refractivity contribution >= 4 is 22.6 Å². The van der Waals surface area contributed by atoms with E-state index < -0.39 is 0 Å². The summed E-state index contributed by atoms with van der Waals surface area (Å²) in [6.45, 7) is 6.71. The van der Waals surface area contributed by atoms with E-state index in [4.69, 9.17) is 14.2 Å². The fourth-order valence-corrected chi connectivity index (χ4v) is 5.85. The second kappa shape index (κ2) is 12.6. The highest BCUT2D eigenvalue weighted by Crippen LogP contribution is 2.35. The minimum absolute atomic E-state index is 0.0104. The molecule has 1 amide bonds. The number of rotatable bonds is 8. The van der Waals surface area contributed by atoms with Gasteiger partial charge in [-0.2, -0.15) is 0 Å². The number of ether oxygens (including phenoxy) is 3. The largest absolute Gasteiger partial charge is 0.493 e. The molecule has 3 unspecified atom stereocenters. The molecule has 3 aromatic rings. The fraction of sp³-hybridized carbons (Fsp3) is 0.500. The van der Waals surface area contributed by atoms with Crippen LogP contribution in [0.1, 0.15) is 5.56 Å². The van der Waals surface area contributed by atoms with Gasteiger partial charge >= 0.3 is 0 Å². The molecule has 3 aliphatic rings. The first-order chi connectivity index (χ1) is 20.1. The number of aromatic nitrogens is 2. The molecule has 218 valence electrons. The number of carbonyl (C=O) groups excluding carboxylic acids is 1. The van der Waals surface area contributed by atoms with Gasteiger partial charge < -0.3 is 29.3 Å². The van der Waals surface area contributed by atoms with Crippen molar-refractivity contribution in [2.45, 2.75) is 18.8 Å². The number of anilines is 1. The third-order valence-electron chi connectivity index (χ3n) is 8.18. The van der Waals surface area contributed by atoms with Crippen molar-refractivity contribution in [2.75, 3.05) is 78.1 Å². The first-order valence-corrected chi connectivity index (χ1v) is 14.4. The van der Waals surface area contributed by atoms with Gasteiger partial charge in [-0.15, -0.1) is 0 Å². The van der Waals surface area contributed by atoms with Gasteiger partial charge in [-0.1, -0.05) is 30.3 Å². The molecule has 0 bridgehead atoms. The van der Waals surface area contributed by atoms with E-state index in [1.54, 1.807) is 13.4 Å². The Hall–Kier alpha value is -3.51. The molecule has 6 rings (SSSR count). The number of hydrogen-bond acceptors (Lipinski definition) is 10. The van der Waals surface area contributed by atoms with E-state index in [0.717, 1.165) is 62.4 Å². The van der Waals surface area contributed by atoms with Gasteiger partial charge in [0.05, 0.1) is 25.2 Å². The summed E-state index contributed by atoms with van der Waals surface area (Å²) in [5.74, 6) is 2.21. The topological polar surface area (TPSA) is 104 Å². The predicted molar refractivity (Wildman–Crippen MR) is 156 cm³/mol. The van der Waals surface area contributed by atoms with Gasteiger partial charge in [-0.25, -0.2) is 9.97 Å². The molecule has 3 atom stereocenters. The van der Waals surface area contributed by atoms with Crippen LogP contribution < -0.4 is 25.0 Å². The van der Waals surface area contributed by atoms with Crippen LogP contribution in [0.2, 0.25) is 0 Å². The summed E-state index contributed by atoms with van der Waals surface area (Å²) >= 11 is 0. The molecule has 0 spiro atoms. The van der Waals surface area contributed by atoms with Crippen molar-refractivity contribution in [3.05, 3.63) is 54.4 Å². The maximum Gasteiger partial charge on any atom is 0.226 e. The van der Waals surface area contributed by atoms with Gasteiger partial charge in [0.25, 0.3) is 0 Å². The Morgan fingerprint density at radius 1 is 1.05 bits per heavy atom. The second-order valence-corrected chi connectivity index (χ2v) is 11.0. The molecule has 4 heterocycles. The van der Waals surface area contributed by atoms with Crippen LogP contribution in [0.4, 0.5) is 5.82 Å². The molecular formula is C30H39N7O4. The van der Waals surface area contributed by atoms with Gasteiger partial charge in [-0.05, 0) is 25.1 Å². The third kappa shape index (κ3) is 6.38. The number of hydrogen-bond donors (Lipinski definition) is 2. The number of carbonyl (C=O) groups is 1. The fourth-order valence-electron chi connectivity index (χ4n) is 5.85. The monoisotopic (exact) mass is 561 g/mol. The number of fused-ring (bicyclic) bond motifs is 1. The molecule has 0 aliphatic carbocycles. The molecule has 41 heavy (non-hydrogen) atoms. The van der Waals surface area contributed by atoms with Crippen LogP contribution in [0.25, 0.3) is 10.9 Å². The van der Waals surface area contributed by atoms with Crippen LogP contribution in [0.15, 0.2) is 48.8 Å². The summed E-state index contributed by atoms with van der Waals surface area (Å²) in [7, 11) is 3.73. The molecule has 2 aromatic carbocycles. The highest BCUT2D eigenvalue weighted by Gasteiger charge is 2.33. The Kier molecular flexibility index (Phi) is 8.47. The average molecular weight is 562 g/mol. The summed E-state index contributed by atoms with van der Waals surface area (Å²) < 4.78 is 17.7. The SMILES string of the molecule is COc1cc2ncnc(N3CCN(C4NCC(Cc5ccccc5)C(=O)N4)CC3)c2cc1OCC1CN(C)CCO1. The lowest BCUT2D eigenvalue weighted by Crippen LogP contribution is -2.66. The maximum atomic E-state index is 12.9. The molecule has 2 N–H and O–H groups in total. The molecular weight excluding hydrogens is 522 g/mol. The summed E-state index contributed by atoms with van der Waals surface area (Å²) in [4.78, 5) is 28.9. The number of piperazine rings is 1. The van der Waals surface area contributed by atoms with Crippen LogP contribution in [0, 0.1) is 5.92 Å². The molecule has 11 heteroatoms. The lowest BCUT2D eigenvalue weighted by molar-refractivity contribution is -0.130. The van der Waals surface area contributed by atoms with Crippen LogP contribution in [-0.2, 0) is 16.0 Å². The minimum Gasteiger partial charge on any atom is -0.493 e. The number of morpholine rings is 1. The molecule has 0 radical (unpaired) electrons. The summed E-state index contributed by atoms with van der Waals surface area (Å²) in [6.07, 6.45) is 2.19. The van der Waals surface area contributed by atoms with Crippen LogP contribution in [0.5, 0.6) is 11.5 Å². The van der Waals surface area contributed by atoms with E-state index in [9.17, 15) is 4.79 Å². The van der Waals surface area contributed by atoms with Crippen molar-refractivity contribution in [3.63, 3.8) is 0 Å². The highest BCUT2D eigenvalue weighted by atomic mass is 16.5. The summed E-state index contributed by atoms with van der Waals surface area (Å²) in [5.41, 5.74) is 1.99. The molecule has 3 saturated heterocycles. The predicted octanol–water partition coefficient (Wildman–Crippen LogP) is 1.33. The number of amides is 1. The van der Waals surface area contributed by atoms with Crippen molar-refractivity contribution in [1.29, 1.82) is 0 Å². The van der Waals surface area contributed by atoms with E-state index in [1.165, 1.54) is 5.56 Å². The van der Waals surface area contributed by atoms with E-state index in [-0.39, 0.29) is 24.2 Å². The Morgan fingerprint density at radius 2 is 1.88 bits per heavy atom. The summed E-state index contributed by atoms with van der Waals surface area (Å²) in [6, 6.07) is 14.1. The minimum atomic E-state index is -0.163. The summed E-state index contributed by atoms with van der Waals surface area (Å²) in [5, 5.41) is 7.66. The van der Waals surface area contributed by atoms with Gasteiger partial charge in [0, 0.05) is 57.3 Å². The molecule has 0 saturated carbocycles. The molecule has 11 nitrogen and oxygen atoms in total. The number of likely N-dealkylation sites (N-methyl/N-ethyl adjacent to an activating group) is 1. The third-order valence-corrected chi connectivity index (χ3v) is 8.18. The number of benzene rings is 2. The first-order valence-electron chi connectivity index (χ1n) is 14.4. The van der Waals surface area contributed by atoms with Crippen molar-refractivity contribution in [3.8, 4) is 11.5 Å². The molecule has 3 fully saturated rings. The van der Waals surface area contributed by atoms with Crippen molar-refractivity contribution in [1.82, 2.24) is 30.4 Å². The van der Waals surface area contributed by atoms with Gasteiger partial charge in [0.15, 0.2) is 11.5 Å².